The van der Waals surface area contributed by atoms with Crippen LogP contribution in [0.25, 0.3) is 0 Å². The van der Waals surface area contributed by atoms with Crippen LogP contribution in [0.15, 0.2) is 27.7 Å². The van der Waals surface area contributed by atoms with Gasteiger partial charge in [-0.25, -0.2) is 4.99 Å². The van der Waals surface area contributed by atoms with Gasteiger partial charge in [-0.3, -0.25) is 4.79 Å². The molecule has 72 valence electrons. The Bertz CT molecular complexity index is 280. The molecule has 0 fully saturated rings. The van der Waals surface area contributed by atoms with Gasteiger partial charge in [0.2, 0.25) is 0 Å². The van der Waals surface area contributed by atoms with Crippen molar-refractivity contribution in [2.45, 2.75) is 27.7 Å². The van der Waals surface area contributed by atoms with Crippen molar-refractivity contribution in [3.05, 3.63) is 22.8 Å². The Morgan fingerprint density at radius 1 is 1.23 bits per heavy atom. The Kier molecular flexibility index (Phi) is 4.70. The molecule has 0 aliphatic carbocycles. The smallest absolute Gasteiger partial charge is 0.179 e. The molecule has 0 rings (SSSR count). The van der Waals surface area contributed by atoms with E-state index in [1.807, 2.05) is 20.8 Å². The summed E-state index contributed by atoms with van der Waals surface area (Å²) in [6.07, 6.45) is 0. The molecule has 0 atom stereocenters. The second-order valence-corrected chi connectivity index (χ2v) is 3.59. The highest BCUT2D eigenvalue weighted by molar-refractivity contribution is 7.85. The molecule has 0 aliphatic rings. The van der Waals surface area contributed by atoms with E-state index in [0.29, 0.717) is 10.6 Å². The quantitative estimate of drug-likeness (QED) is 0.547. The Hall–Kier alpha value is -0.830. The maximum absolute atomic E-state index is 11.1. The molecular weight excluding hydrogens is 182 g/mol. The van der Waals surface area contributed by atoms with Crippen molar-refractivity contribution < 1.29 is 4.79 Å². The van der Waals surface area contributed by atoms with Crippen molar-refractivity contribution >= 4 is 24.1 Å². The van der Waals surface area contributed by atoms with Crippen molar-refractivity contribution in [3.63, 3.8) is 0 Å². The number of ketones is 1. The second kappa shape index (κ2) is 5.02. The highest BCUT2D eigenvalue weighted by atomic mass is 32.1. The molecule has 0 aromatic carbocycles. The number of hydrogen-bond acceptors (Lipinski definition) is 3. The van der Waals surface area contributed by atoms with Crippen LogP contribution in [0.2, 0.25) is 0 Å². The zero-order valence-electron chi connectivity index (χ0n) is 8.51. The van der Waals surface area contributed by atoms with E-state index in [0.717, 1.165) is 11.3 Å². The van der Waals surface area contributed by atoms with Crippen molar-refractivity contribution in [2.75, 3.05) is 0 Å². The molecule has 0 aromatic heterocycles. The maximum atomic E-state index is 11.1. The molecule has 0 bridgehead atoms. The first-order valence-corrected chi connectivity index (χ1v) is 4.43. The molecule has 0 saturated carbocycles. The molecule has 3 heteroatoms. The van der Waals surface area contributed by atoms with Gasteiger partial charge in [0.05, 0.1) is 0 Å². The highest BCUT2D eigenvalue weighted by Gasteiger charge is 2.07. The van der Waals surface area contributed by atoms with Crippen LogP contribution >= 0.6 is 12.6 Å². The molecule has 13 heavy (non-hydrogen) atoms. The van der Waals surface area contributed by atoms with Crippen molar-refractivity contribution in [2.24, 2.45) is 4.99 Å². The number of rotatable bonds is 3. The van der Waals surface area contributed by atoms with E-state index in [1.54, 1.807) is 0 Å². The normalized spacial score (nSPS) is 11.0. The zero-order chi connectivity index (χ0) is 10.6. The van der Waals surface area contributed by atoms with Gasteiger partial charge in [-0.2, -0.15) is 0 Å². The van der Waals surface area contributed by atoms with Gasteiger partial charge in [-0.05, 0) is 20.8 Å². The number of aliphatic imine (C=N–C) groups is 1. The molecule has 0 N–H and O–H groups in total. The molecule has 0 spiro atoms. The average Bonchev–Trinajstić information content (AvgIpc) is 1.97. The van der Waals surface area contributed by atoms with Gasteiger partial charge >= 0.3 is 0 Å². The fourth-order valence-corrected chi connectivity index (χ4v) is 0.833. The number of Topliss-reactive ketones (excluding diaryl/α,β-unsaturated/α-hetero) is 1. The van der Waals surface area contributed by atoms with Gasteiger partial charge in [0, 0.05) is 17.5 Å². The topological polar surface area (TPSA) is 29.4 Å². The summed E-state index contributed by atoms with van der Waals surface area (Å²) >= 11 is 4.01. The van der Waals surface area contributed by atoms with E-state index in [9.17, 15) is 4.79 Å². The molecule has 0 amide bonds. The van der Waals surface area contributed by atoms with Gasteiger partial charge in [-0.1, -0.05) is 12.2 Å². The Morgan fingerprint density at radius 3 is 1.92 bits per heavy atom. The second-order valence-electron chi connectivity index (χ2n) is 3.05. The van der Waals surface area contributed by atoms with E-state index >= 15 is 0 Å². The van der Waals surface area contributed by atoms with Gasteiger partial charge in [-0.15, -0.1) is 12.6 Å². The first-order chi connectivity index (χ1) is 5.86. The number of carbonyl (C=O) groups excluding carboxylic acids is 1. The molecule has 0 radical (unpaired) electrons. The summed E-state index contributed by atoms with van der Waals surface area (Å²) in [4.78, 5) is 15.6. The minimum Gasteiger partial charge on any atom is -0.293 e. The van der Waals surface area contributed by atoms with Gasteiger partial charge in [0.25, 0.3) is 0 Å². The lowest BCUT2D eigenvalue weighted by Gasteiger charge is -2.02. The predicted molar refractivity (Wildman–Crippen MR) is 60.3 cm³/mol. The Labute approximate surface area is 84.9 Å². The van der Waals surface area contributed by atoms with Crippen LogP contribution in [0.1, 0.15) is 27.7 Å². The largest absolute Gasteiger partial charge is 0.293 e. The van der Waals surface area contributed by atoms with E-state index in [-0.39, 0.29) is 5.78 Å². The summed E-state index contributed by atoms with van der Waals surface area (Å²) in [6.45, 7) is 10.8. The molecule has 0 aliphatic heterocycles. The molecule has 0 aromatic rings. The van der Waals surface area contributed by atoms with Crippen LogP contribution in [0.5, 0.6) is 0 Å². The number of allylic oxidation sites excluding steroid dienone is 3. The minimum atomic E-state index is -0.111. The number of nitrogens with zero attached hydrogens (tertiary/aromatic N) is 1. The SMILES string of the molecule is C=C(S)C(=NC(C)=C(C)C)C(C)=O. The molecule has 0 heterocycles. The highest BCUT2D eigenvalue weighted by Crippen LogP contribution is 2.09. The molecule has 0 saturated heterocycles. The fraction of sp³-hybridized carbons (Fsp3) is 0.400. The summed E-state index contributed by atoms with van der Waals surface area (Å²) in [6, 6.07) is 0. The van der Waals surface area contributed by atoms with E-state index < -0.39 is 0 Å². The van der Waals surface area contributed by atoms with Crippen LogP contribution in [0.3, 0.4) is 0 Å². The van der Waals surface area contributed by atoms with Crippen molar-refractivity contribution in [3.8, 4) is 0 Å². The zero-order valence-corrected chi connectivity index (χ0v) is 9.40. The van der Waals surface area contributed by atoms with Crippen molar-refractivity contribution in [1.82, 2.24) is 0 Å². The minimum absolute atomic E-state index is 0.111. The van der Waals surface area contributed by atoms with Crippen LogP contribution in [0, 0.1) is 0 Å². The first-order valence-electron chi connectivity index (χ1n) is 3.98. The molecule has 2 nitrogen and oxygen atoms in total. The van der Waals surface area contributed by atoms with Crippen LogP contribution in [-0.4, -0.2) is 11.5 Å². The molecular formula is C10H15NOS. The Balaban J connectivity index is 5.08. The van der Waals surface area contributed by atoms with Crippen molar-refractivity contribution in [1.29, 1.82) is 0 Å². The third-order valence-corrected chi connectivity index (χ3v) is 1.82. The van der Waals surface area contributed by atoms with E-state index in [1.165, 1.54) is 6.92 Å². The van der Waals surface area contributed by atoms with Crippen LogP contribution in [0.4, 0.5) is 0 Å². The Morgan fingerprint density at radius 2 is 1.69 bits per heavy atom. The predicted octanol–water partition coefficient (Wildman–Crippen LogP) is 2.77. The summed E-state index contributed by atoms with van der Waals surface area (Å²) < 4.78 is 0. The lowest BCUT2D eigenvalue weighted by Crippen LogP contribution is -2.09. The lowest BCUT2D eigenvalue weighted by molar-refractivity contribution is -0.111. The average molecular weight is 197 g/mol. The summed E-state index contributed by atoms with van der Waals surface area (Å²) in [5, 5.41) is 0. The van der Waals surface area contributed by atoms with Gasteiger partial charge < -0.3 is 0 Å². The molecule has 0 unspecified atom stereocenters. The first kappa shape index (κ1) is 12.2. The standard InChI is InChI=1S/C10H15NOS/c1-6(2)7(3)11-10(8(4)12)9(5)13/h13H,5H2,1-4H3. The van der Waals surface area contributed by atoms with E-state index in [4.69, 9.17) is 0 Å². The lowest BCUT2D eigenvalue weighted by atomic mass is 10.2. The number of thiol groups is 1. The summed E-state index contributed by atoms with van der Waals surface area (Å²) in [7, 11) is 0. The summed E-state index contributed by atoms with van der Waals surface area (Å²) in [5.74, 6) is -0.111. The number of carbonyl (C=O) groups is 1. The van der Waals surface area contributed by atoms with Crippen LogP contribution < -0.4 is 0 Å². The number of hydrogen-bond donors (Lipinski definition) is 1. The summed E-state index contributed by atoms with van der Waals surface area (Å²) in [5.41, 5.74) is 2.25. The van der Waals surface area contributed by atoms with Gasteiger partial charge in [0.1, 0.15) is 5.71 Å². The monoisotopic (exact) mass is 197 g/mol. The third-order valence-electron chi connectivity index (χ3n) is 1.61. The van der Waals surface area contributed by atoms with E-state index in [2.05, 4.69) is 24.2 Å². The maximum Gasteiger partial charge on any atom is 0.179 e. The van der Waals surface area contributed by atoms with Crippen LogP contribution in [-0.2, 0) is 4.79 Å². The fourth-order valence-electron chi connectivity index (χ4n) is 0.626. The third kappa shape index (κ3) is 4.08. The van der Waals surface area contributed by atoms with Gasteiger partial charge in [0.15, 0.2) is 5.78 Å².